The van der Waals surface area contributed by atoms with E-state index in [1.165, 1.54) is 11.1 Å². The Balaban J connectivity index is 2.05. The smallest absolute Gasteiger partial charge is 0.246 e. The van der Waals surface area contributed by atoms with Crippen LogP contribution in [-0.2, 0) is 11.2 Å². The van der Waals surface area contributed by atoms with E-state index in [2.05, 4.69) is 48.7 Å². The van der Waals surface area contributed by atoms with Gasteiger partial charge in [0.15, 0.2) is 0 Å². The van der Waals surface area contributed by atoms with E-state index >= 15 is 0 Å². The molecular weight excluding hydrogens is 284 g/mol. The first-order chi connectivity index (χ1) is 10.9. The topological polar surface area (TPSA) is 41.1 Å². The van der Waals surface area contributed by atoms with Gasteiger partial charge in [-0.05, 0) is 62.9 Å². The fourth-order valence-electron chi connectivity index (χ4n) is 2.76. The van der Waals surface area contributed by atoms with Gasteiger partial charge in [-0.3, -0.25) is 4.79 Å². The number of nitrogens with one attached hydrogen (secondary N) is 2. The number of hydrogen-bond donors (Lipinski definition) is 2. The third-order valence-corrected chi connectivity index (χ3v) is 4.06. The van der Waals surface area contributed by atoms with Crippen molar-refractivity contribution in [2.24, 2.45) is 0 Å². The van der Waals surface area contributed by atoms with Crippen LogP contribution in [0.25, 0.3) is 0 Å². The van der Waals surface area contributed by atoms with Crippen molar-refractivity contribution >= 4 is 17.3 Å². The Labute approximate surface area is 139 Å². The van der Waals surface area contributed by atoms with Crippen LogP contribution in [0.3, 0.4) is 0 Å². The summed E-state index contributed by atoms with van der Waals surface area (Å²) in [6.45, 7) is 10.1. The molecule has 0 fully saturated rings. The van der Waals surface area contributed by atoms with E-state index in [1.807, 2.05) is 32.9 Å². The number of anilines is 2. The van der Waals surface area contributed by atoms with Gasteiger partial charge in [-0.15, -0.1) is 0 Å². The summed E-state index contributed by atoms with van der Waals surface area (Å²) in [4.78, 5) is 12.5. The summed E-state index contributed by atoms with van der Waals surface area (Å²) in [6.07, 6.45) is 1.02. The second-order valence-electron chi connectivity index (χ2n) is 6.18. The van der Waals surface area contributed by atoms with Gasteiger partial charge in [0.2, 0.25) is 5.91 Å². The summed E-state index contributed by atoms with van der Waals surface area (Å²) < 4.78 is 0. The lowest BCUT2D eigenvalue weighted by Crippen LogP contribution is -2.32. The van der Waals surface area contributed by atoms with Crippen molar-refractivity contribution in [2.75, 3.05) is 10.6 Å². The molecule has 0 saturated heterocycles. The maximum Gasteiger partial charge on any atom is 0.246 e. The number of carbonyl (C=O) groups excluding carboxylic acids is 1. The monoisotopic (exact) mass is 310 g/mol. The van der Waals surface area contributed by atoms with Crippen LogP contribution in [0.15, 0.2) is 36.4 Å². The molecule has 3 nitrogen and oxygen atoms in total. The van der Waals surface area contributed by atoms with Crippen molar-refractivity contribution < 1.29 is 4.79 Å². The minimum absolute atomic E-state index is 0.0281. The maximum atomic E-state index is 12.5. The third kappa shape index (κ3) is 4.35. The average Bonchev–Trinajstić information content (AvgIpc) is 2.51. The van der Waals surface area contributed by atoms with Crippen LogP contribution in [0.1, 0.15) is 36.1 Å². The Kier molecular flexibility index (Phi) is 5.43. The Morgan fingerprint density at radius 3 is 2.13 bits per heavy atom. The normalized spacial score (nSPS) is 11.9. The second-order valence-corrected chi connectivity index (χ2v) is 6.18. The van der Waals surface area contributed by atoms with Gasteiger partial charge in [0.1, 0.15) is 6.04 Å². The molecule has 0 radical (unpaired) electrons. The lowest BCUT2D eigenvalue weighted by atomic mass is 10.0. The van der Waals surface area contributed by atoms with Gasteiger partial charge in [0.05, 0.1) is 0 Å². The van der Waals surface area contributed by atoms with E-state index in [0.29, 0.717) is 0 Å². The molecule has 0 bridgehead atoms. The van der Waals surface area contributed by atoms with Crippen molar-refractivity contribution in [1.29, 1.82) is 0 Å². The van der Waals surface area contributed by atoms with Crippen LogP contribution in [0.2, 0.25) is 0 Å². The molecule has 0 aliphatic rings. The van der Waals surface area contributed by atoms with Gasteiger partial charge in [0.25, 0.3) is 0 Å². The number of carbonyl (C=O) groups is 1. The molecule has 1 amide bonds. The molecule has 0 spiro atoms. The molecular formula is C20H26N2O. The summed E-state index contributed by atoms with van der Waals surface area (Å²) in [5.41, 5.74) is 6.56. The second kappa shape index (κ2) is 7.32. The highest BCUT2D eigenvalue weighted by Crippen LogP contribution is 2.22. The minimum Gasteiger partial charge on any atom is -0.374 e. The number of hydrogen-bond acceptors (Lipinski definition) is 2. The van der Waals surface area contributed by atoms with Gasteiger partial charge in [-0.2, -0.15) is 0 Å². The van der Waals surface area contributed by atoms with Crippen LogP contribution in [0.5, 0.6) is 0 Å². The Morgan fingerprint density at radius 2 is 1.61 bits per heavy atom. The van der Waals surface area contributed by atoms with E-state index in [9.17, 15) is 4.79 Å². The third-order valence-electron chi connectivity index (χ3n) is 4.06. The van der Waals surface area contributed by atoms with Crippen LogP contribution in [0.4, 0.5) is 11.4 Å². The summed E-state index contributed by atoms with van der Waals surface area (Å²) in [6, 6.07) is 12.1. The lowest BCUT2D eigenvalue weighted by Gasteiger charge is -2.18. The molecule has 2 N–H and O–H groups in total. The molecule has 0 aliphatic heterocycles. The molecule has 2 aromatic rings. The number of benzene rings is 2. The number of aryl methyl sites for hydroxylation is 4. The number of amides is 1. The predicted molar refractivity (Wildman–Crippen MR) is 98.2 cm³/mol. The first kappa shape index (κ1) is 17.1. The summed E-state index contributed by atoms with van der Waals surface area (Å²) in [5.74, 6) is -0.0281. The van der Waals surface area contributed by atoms with E-state index in [1.54, 1.807) is 0 Å². The quantitative estimate of drug-likeness (QED) is 0.846. The fourth-order valence-corrected chi connectivity index (χ4v) is 2.76. The molecule has 0 unspecified atom stereocenters. The molecule has 2 aromatic carbocycles. The number of rotatable bonds is 5. The largest absolute Gasteiger partial charge is 0.374 e. The maximum absolute atomic E-state index is 12.5. The van der Waals surface area contributed by atoms with Gasteiger partial charge >= 0.3 is 0 Å². The highest BCUT2D eigenvalue weighted by molar-refractivity contribution is 5.97. The molecule has 1 atom stereocenters. The van der Waals surface area contributed by atoms with Crippen molar-refractivity contribution in [1.82, 2.24) is 0 Å². The van der Waals surface area contributed by atoms with E-state index in [-0.39, 0.29) is 11.9 Å². The summed E-state index contributed by atoms with van der Waals surface area (Å²) in [5, 5.41) is 6.30. The predicted octanol–water partition coefficient (Wildman–Crippen LogP) is 4.61. The average molecular weight is 310 g/mol. The molecule has 122 valence electrons. The first-order valence-corrected chi connectivity index (χ1v) is 8.15. The van der Waals surface area contributed by atoms with Gasteiger partial charge in [-0.25, -0.2) is 0 Å². The highest BCUT2D eigenvalue weighted by atomic mass is 16.2. The van der Waals surface area contributed by atoms with Crippen molar-refractivity contribution in [2.45, 2.75) is 47.1 Å². The van der Waals surface area contributed by atoms with Crippen LogP contribution < -0.4 is 10.6 Å². The lowest BCUT2D eigenvalue weighted by molar-refractivity contribution is -0.116. The molecule has 3 heteroatoms. The van der Waals surface area contributed by atoms with E-state index in [0.717, 1.165) is 28.9 Å². The van der Waals surface area contributed by atoms with Crippen molar-refractivity contribution in [3.05, 3.63) is 58.7 Å². The van der Waals surface area contributed by atoms with Gasteiger partial charge in [0, 0.05) is 11.4 Å². The molecule has 0 aromatic heterocycles. The van der Waals surface area contributed by atoms with Crippen molar-refractivity contribution in [3.8, 4) is 0 Å². The molecule has 0 aliphatic carbocycles. The summed E-state index contributed by atoms with van der Waals surface area (Å²) in [7, 11) is 0. The minimum atomic E-state index is -0.303. The Bertz CT molecular complexity index is 666. The zero-order chi connectivity index (χ0) is 17.0. The van der Waals surface area contributed by atoms with Gasteiger partial charge < -0.3 is 10.6 Å². The van der Waals surface area contributed by atoms with Gasteiger partial charge in [-0.1, -0.05) is 36.8 Å². The van der Waals surface area contributed by atoms with Crippen molar-refractivity contribution in [3.63, 3.8) is 0 Å². The fraction of sp³-hybridized carbons (Fsp3) is 0.350. The SMILES string of the molecule is CCc1ccc(N[C@H](C)C(=O)Nc2c(C)cc(C)cc2C)cc1. The van der Waals surface area contributed by atoms with E-state index < -0.39 is 0 Å². The standard InChI is InChI=1S/C20H26N2O/c1-6-17-7-9-18(10-8-17)21-16(5)20(23)22-19-14(3)11-13(2)12-15(19)4/h7-12,16,21H,6H2,1-5H3,(H,22,23)/t16-/m1/s1. The van der Waals surface area contributed by atoms with E-state index in [4.69, 9.17) is 0 Å². The first-order valence-electron chi connectivity index (χ1n) is 8.15. The summed E-state index contributed by atoms with van der Waals surface area (Å²) >= 11 is 0. The molecule has 0 heterocycles. The Hall–Kier alpha value is -2.29. The highest BCUT2D eigenvalue weighted by Gasteiger charge is 2.15. The molecule has 2 rings (SSSR count). The molecule has 0 saturated carbocycles. The van der Waals surface area contributed by atoms with Crippen LogP contribution >= 0.6 is 0 Å². The zero-order valence-electron chi connectivity index (χ0n) is 14.7. The van der Waals surface area contributed by atoms with Crippen LogP contribution in [-0.4, -0.2) is 11.9 Å². The van der Waals surface area contributed by atoms with Crippen LogP contribution in [0, 0.1) is 20.8 Å². The zero-order valence-corrected chi connectivity index (χ0v) is 14.7. The Morgan fingerprint density at radius 1 is 1.04 bits per heavy atom. The molecule has 23 heavy (non-hydrogen) atoms.